The summed E-state index contributed by atoms with van der Waals surface area (Å²) in [6, 6.07) is 20.1. The fourth-order valence-corrected chi connectivity index (χ4v) is 5.75. The zero-order valence-electron chi connectivity index (χ0n) is 21.2. The summed E-state index contributed by atoms with van der Waals surface area (Å²) in [7, 11) is 0. The van der Waals surface area contributed by atoms with Gasteiger partial charge in [-0.15, -0.1) is 0 Å². The predicted molar refractivity (Wildman–Crippen MR) is 147 cm³/mol. The first-order valence-electron chi connectivity index (χ1n) is 13.0. The molecule has 3 heterocycles. The number of primary amides is 1. The number of aryl methyl sites for hydroxylation is 1. The molecule has 2 unspecified atom stereocenters. The molecule has 1 amide bonds. The number of aromatic carboxylic acids is 1. The van der Waals surface area contributed by atoms with Crippen molar-refractivity contribution in [2.45, 2.75) is 44.3 Å². The van der Waals surface area contributed by atoms with Gasteiger partial charge in [-0.05, 0) is 54.5 Å². The van der Waals surface area contributed by atoms with Crippen LogP contribution in [0.2, 0.25) is 0 Å². The van der Waals surface area contributed by atoms with Gasteiger partial charge in [-0.25, -0.2) is 14.8 Å². The van der Waals surface area contributed by atoms with Crippen LogP contribution >= 0.6 is 0 Å². The first-order chi connectivity index (χ1) is 19.0. The molecule has 0 saturated carbocycles. The van der Waals surface area contributed by atoms with Gasteiger partial charge >= 0.3 is 5.97 Å². The number of aromatic amines is 1. The van der Waals surface area contributed by atoms with Gasteiger partial charge in [-0.2, -0.15) is 0 Å². The molecule has 9 nitrogen and oxygen atoms in total. The van der Waals surface area contributed by atoms with Gasteiger partial charge in [-0.1, -0.05) is 42.5 Å². The van der Waals surface area contributed by atoms with Crippen molar-refractivity contribution in [2.24, 2.45) is 5.73 Å². The van der Waals surface area contributed by atoms with Crippen molar-refractivity contribution in [3.63, 3.8) is 0 Å². The Morgan fingerprint density at radius 2 is 1.90 bits per heavy atom. The van der Waals surface area contributed by atoms with Gasteiger partial charge in [0.05, 0.1) is 41.0 Å². The average molecular weight is 521 g/mol. The lowest BCUT2D eigenvalue weighted by atomic mass is 9.88. The van der Waals surface area contributed by atoms with E-state index in [1.807, 2.05) is 54.6 Å². The number of nitrogens with two attached hydrogens (primary N) is 1. The number of nitrogens with zero attached hydrogens (tertiary/aromatic N) is 4. The Kier molecular flexibility index (Phi) is 6.50. The van der Waals surface area contributed by atoms with E-state index in [0.717, 1.165) is 52.6 Å². The highest BCUT2D eigenvalue weighted by atomic mass is 16.4. The summed E-state index contributed by atoms with van der Waals surface area (Å²) in [4.78, 5) is 44.4. The van der Waals surface area contributed by atoms with Crippen LogP contribution in [0, 0.1) is 0 Å². The summed E-state index contributed by atoms with van der Waals surface area (Å²) in [5.74, 6) is -0.904. The van der Waals surface area contributed by atoms with E-state index in [9.17, 15) is 14.7 Å². The molecule has 0 bridgehead atoms. The number of carboxylic acids is 1. The zero-order chi connectivity index (χ0) is 26.9. The average Bonchev–Trinajstić information content (AvgIpc) is 3.36. The Morgan fingerprint density at radius 1 is 1.08 bits per heavy atom. The summed E-state index contributed by atoms with van der Waals surface area (Å²) in [5.41, 5.74) is 10.1. The third kappa shape index (κ3) is 4.84. The van der Waals surface area contributed by atoms with Gasteiger partial charge in [-0.3, -0.25) is 14.7 Å². The van der Waals surface area contributed by atoms with Crippen LogP contribution in [0.4, 0.5) is 0 Å². The third-order valence-electron chi connectivity index (χ3n) is 7.44. The molecule has 2 aromatic carbocycles. The fraction of sp³-hybridized carbons (Fsp3) is 0.233. The molecule has 3 aromatic heterocycles. The number of fused-ring (bicyclic) bond motifs is 3. The topological polar surface area (TPSA) is 138 Å². The molecule has 6 rings (SSSR count). The Morgan fingerprint density at radius 3 is 2.72 bits per heavy atom. The number of carbonyl (C=O) groups is 2. The number of hydrogen-bond acceptors (Lipinski definition) is 6. The second-order valence-electron chi connectivity index (χ2n) is 9.93. The molecule has 0 saturated heterocycles. The Labute approximate surface area is 224 Å². The van der Waals surface area contributed by atoms with Gasteiger partial charge in [0, 0.05) is 18.0 Å². The lowest BCUT2D eigenvalue weighted by Gasteiger charge is -2.39. The van der Waals surface area contributed by atoms with Crippen molar-refractivity contribution in [2.75, 3.05) is 0 Å². The lowest BCUT2D eigenvalue weighted by Crippen LogP contribution is -2.38. The van der Waals surface area contributed by atoms with Crippen molar-refractivity contribution in [3.05, 3.63) is 101 Å². The summed E-state index contributed by atoms with van der Waals surface area (Å²) in [5, 5.41) is 11.4. The van der Waals surface area contributed by atoms with E-state index < -0.39 is 17.9 Å². The van der Waals surface area contributed by atoms with E-state index in [1.165, 1.54) is 5.56 Å². The number of nitrogens with one attached hydrogen (secondary N) is 1. The van der Waals surface area contributed by atoms with Gasteiger partial charge in [0.2, 0.25) is 5.91 Å². The van der Waals surface area contributed by atoms with E-state index in [0.29, 0.717) is 12.2 Å². The Bertz CT molecular complexity index is 1660. The largest absolute Gasteiger partial charge is 0.477 e. The highest BCUT2D eigenvalue weighted by Crippen LogP contribution is 2.41. The normalized spacial score (nSPS) is 15.9. The number of pyridine rings is 2. The smallest absolute Gasteiger partial charge is 0.354 e. The zero-order valence-corrected chi connectivity index (χ0v) is 21.2. The Balaban J connectivity index is 1.55. The van der Waals surface area contributed by atoms with E-state index in [4.69, 9.17) is 15.7 Å². The molecule has 196 valence electrons. The maximum atomic E-state index is 12.6. The number of amides is 1. The van der Waals surface area contributed by atoms with Crippen LogP contribution < -0.4 is 5.73 Å². The van der Waals surface area contributed by atoms with E-state index in [2.05, 4.69) is 20.9 Å². The van der Waals surface area contributed by atoms with Crippen LogP contribution in [0.1, 0.15) is 64.6 Å². The van der Waals surface area contributed by atoms with E-state index in [-0.39, 0.29) is 18.2 Å². The van der Waals surface area contributed by atoms with E-state index in [1.54, 1.807) is 12.3 Å². The van der Waals surface area contributed by atoms with Crippen LogP contribution in [0.3, 0.4) is 0 Å². The molecule has 4 N–H and O–H groups in total. The number of hydrogen-bond donors (Lipinski definition) is 3. The van der Waals surface area contributed by atoms with Crippen molar-refractivity contribution in [1.82, 2.24) is 24.8 Å². The second kappa shape index (κ2) is 10.3. The van der Waals surface area contributed by atoms with Crippen molar-refractivity contribution < 1.29 is 14.7 Å². The fourth-order valence-electron chi connectivity index (χ4n) is 5.75. The molecule has 2 atom stereocenters. The van der Waals surface area contributed by atoms with Crippen LogP contribution in [-0.2, 0) is 17.8 Å². The first kappa shape index (κ1) is 24.7. The second-order valence-corrected chi connectivity index (χ2v) is 9.93. The van der Waals surface area contributed by atoms with Gasteiger partial charge in [0.25, 0.3) is 0 Å². The minimum absolute atomic E-state index is 0.0427. The minimum Gasteiger partial charge on any atom is -0.477 e. The van der Waals surface area contributed by atoms with Crippen molar-refractivity contribution in [3.8, 4) is 0 Å². The maximum Gasteiger partial charge on any atom is 0.354 e. The monoisotopic (exact) mass is 520 g/mol. The number of rotatable bonds is 8. The van der Waals surface area contributed by atoms with Crippen LogP contribution in [0.25, 0.3) is 21.8 Å². The standard InChI is InChI=1S/C30H28N6O3/c31-26(37)16-25(29-20-10-2-1-7-19(20)15-23(35-29)30(38)39)36(17-27-33-21-11-3-4-12-22(21)34-27)24-13-5-8-18-9-6-14-32-28(18)24/h1-4,6-7,9-12,14-15,24-25H,5,8,13,16-17H2,(H2,31,37)(H,33,34)(H,38,39). The Hall–Kier alpha value is -4.63. The van der Waals surface area contributed by atoms with Gasteiger partial charge in [0.1, 0.15) is 11.5 Å². The number of carbonyl (C=O) groups excluding carboxylic acids is 1. The molecule has 0 aliphatic heterocycles. The molecule has 39 heavy (non-hydrogen) atoms. The highest BCUT2D eigenvalue weighted by molar-refractivity contribution is 5.93. The molecular formula is C30H28N6O3. The highest BCUT2D eigenvalue weighted by Gasteiger charge is 2.36. The molecular weight excluding hydrogens is 492 g/mol. The van der Waals surface area contributed by atoms with Gasteiger partial charge < -0.3 is 15.8 Å². The molecule has 0 fully saturated rings. The van der Waals surface area contributed by atoms with Crippen molar-refractivity contribution >= 4 is 33.7 Å². The molecule has 9 heteroatoms. The molecule has 0 spiro atoms. The third-order valence-corrected chi connectivity index (χ3v) is 7.44. The molecule has 1 aliphatic carbocycles. The minimum atomic E-state index is -1.13. The number of benzene rings is 2. The molecule has 5 aromatic rings. The molecule has 1 aliphatic rings. The lowest BCUT2D eigenvalue weighted by molar-refractivity contribution is -0.119. The summed E-state index contributed by atoms with van der Waals surface area (Å²) in [6.45, 7) is 0.362. The summed E-state index contributed by atoms with van der Waals surface area (Å²) >= 11 is 0. The number of H-pyrrole nitrogens is 1. The van der Waals surface area contributed by atoms with Crippen LogP contribution in [0.5, 0.6) is 0 Å². The summed E-state index contributed by atoms with van der Waals surface area (Å²) in [6.07, 6.45) is 4.44. The van der Waals surface area contributed by atoms with Gasteiger partial charge in [0.15, 0.2) is 0 Å². The number of aromatic nitrogens is 4. The van der Waals surface area contributed by atoms with Crippen LogP contribution in [-0.4, -0.2) is 41.8 Å². The SMILES string of the molecule is NC(=O)CC(c1nc(C(=O)O)cc2ccccc12)N(Cc1nc2ccccc2[nH]1)C1CCCc2cccnc21. The number of para-hydroxylation sites is 2. The van der Waals surface area contributed by atoms with Crippen LogP contribution in [0.15, 0.2) is 72.9 Å². The predicted octanol–water partition coefficient (Wildman–Crippen LogP) is 4.70. The maximum absolute atomic E-state index is 12.6. The quantitative estimate of drug-likeness (QED) is 0.270. The first-order valence-corrected chi connectivity index (χ1v) is 13.0. The number of imidazole rings is 1. The van der Waals surface area contributed by atoms with E-state index >= 15 is 0 Å². The number of carboxylic acid groups (broad SMARTS) is 1. The van der Waals surface area contributed by atoms with Crippen molar-refractivity contribution in [1.29, 1.82) is 0 Å². The molecule has 0 radical (unpaired) electrons. The summed E-state index contributed by atoms with van der Waals surface area (Å²) < 4.78 is 0.